The van der Waals surface area contributed by atoms with Crippen LogP contribution in [0.15, 0.2) is 220 Å². The first-order valence-electron chi connectivity index (χ1n) is 42.8. The summed E-state index contributed by atoms with van der Waals surface area (Å²) in [5.74, 6) is -0.366. The minimum atomic E-state index is -4.52. The van der Waals surface area contributed by atoms with Crippen LogP contribution < -0.4 is 19.6 Å². The van der Waals surface area contributed by atoms with Crippen LogP contribution in [0.3, 0.4) is 0 Å². The lowest BCUT2D eigenvalue weighted by Crippen LogP contribution is -2.25. The van der Waals surface area contributed by atoms with Crippen LogP contribution >= 0.6 is 0 Å². The van der Waals surface area contributed by atoms with E-state index in [-0.39, 0.29) is 21.1 Å². The van der Waals surface area contributed by atoms with E-state index in [1.807, 2.05) is 113 Å². The highest BCUT2D eigenvalue weighted by Gasteiger charge is 2.35. The Hall–Kier alpha value is -10.6. The third kappa shape index (κ3) is 17.0. The molecule has 7 aromatic carbocycles. The molecule has 0 unspecified atom stereocenters. The minimum Gasteiger partial charge on any atom is -0.374 e. The van der Waals surface area contributed by atoms with E-state index >= 15 is 0 Å². The van der Waals surface area contributed by atoms with Crippen molar-refractivity contribution in [1.82, 2.24) is 40.5 Å². The smallest absolute Gasteiger partial charge is 0.374 e. The molecule has 0 amide bonds. The Labute approximate surface area is 729 Å². The predicted molar refractivity (Wildman–Crippen MR) is 493 cm³/mol. The number of anilines is 4. The number of alkyl halides is 3. The number of rotatable bonds is 12. The molecule has 21 nitrogen and oxygen atoms in total. The number of para-hydroxylation sites is 1. The van der Waals surface area contributed by atoms with Gasteiger partial charge in [-0.05, 0) is 277 Å². The summed E-state index contributed by atoms with van der Waals surface area (Å²) in [6.45, 7) is 10.7. The molecule has 0 fully saturated rings. The van der Waals surface area contributed by atoms with E-state index in [0.29, 0.717) is 50.3 Å². The third-order valence-electron chi connectivity index (χ3n) is 25.9. The predicted octanol–water partition coefficient (Wildman–Crippen LogP) is 16.5. The Morgan fingerprint density at radius 1 is 0.320 bits per heavy atom. The van der Waals surface area contributed by atoms with E-state index in [0.717, 1.165) is 248 Å². The number of hydrogen-bond acceptors (Lipinski definition) is 17. The van der Waals surface area contributed by atoms with Gasteiger partial charge in [0.2, 0.25) is 0 Å². The number of nitrogens with zero attached hydrogens (tertiary/aromatic N) is 13. The first kappa shape index (κ1) is 86.5. The topological polar surface area (TPSA) is 195 Å². The van der Waals surface area contributed by atoms with Crippen molar-refractivity contribution in [1.29, 1.82) is 0 Å². The van der Waals surface area contributed by atoms with E-state index in [2.05, 4.69) is 90.6 Å². The molecular weight excluding hydrogens is 1670 g/mol. The summed E-state index contributed by atoms with van der Waals surface area (Å²) in [6.07, 6.45) is 23.1. The number of hydrogen-bond donors (Lipinski definition) is 0. The monoisotopic (exact) mass is 1770 g/mol. The van der Waals surface area contributed by atoms with Crippen LogP contribution in [0.5, 0.6) is 0 Å². The second kappa shape index (κ2) is 34.6. The summed E-state index contributed by atoms with van der Waals surface area (Å²) >= 11 is 0. The van der Waals surface area contributed by atoms with Crippen LogP contribution in [0.2, 0.25) is 0 Å². The van der Waals surface area contributed by atoms with E-state index in [1.54, 1.807) is 61.1 Å². The Bertz CT molecular complexity index is 6670. The van der Waals surface area contributed by atoms with E-state index in [1.165, 1.54) is 47.5 Å². The molecule has 20 rings (SSSR count). The first-order chi connectivity index (χ1) is 59.8. The highest BCUT2D eigenvalue weighted by Crippen LogP contribution is 2.43. The van der Waals surface area contributed by atoms with Crippen molar-refractivity contribution < 1.29 is 51.2 Å². The average molecular weight is 1770 g/mol. The maximum Gasteiger partial charge on any atom is 0.416 e. The van der Waals surface area contributed by atoms with Gasteiger partial charge in [0.05, 0.1) is 41.7 Å². The Kier molecular flexibility index (Phi) is 23.9. The fourth-order valence-electron chi connectivity index (χ4n) is 18.7. The van der Waals surface area contributed by atoms with Gasteiger partial charge in [0.15, 0.2) is 5.65 Å². The van der Waals surface area contributed by atoms with Gasteiger partial charge in [0.1, 0.15) is 5.82 Å². The lowest BCUT2D eigenvalue weighted by Gasteiger charge is -2.27. The van der Waals surface area contributed by atoms with Gasteiger partial charge < -0.3 is 39.2 Å². The molecule has 0 spiro atoms. The van der Waals surface area contributed by atoms with Crippen molar-refractivity contribution in [2.24, 2.45) is 0 Å². The summed E-state index contributed by atoms with van der Waals surface area (Å²) in [7, 11) is 1.07. The minimum absolute atomic E-state index is 0.141. The molecule has 5 aromatic heterocycles. The summed E-state index contributed by atoms with van der Waals surface area (Å²) in [5.41, 5.74) is 17.4. The fraction of sp³-hybridized carbons (Fsp3) is 0.344. The molecule has 0 saturated heterocycles. The highest BCUT2D eigenvalue weighted by molar-refractivity contribution is 7.91. The number of benzene rings is 7. The van der Waals surface area contributed by atoms with Crippen LogP contribution in [0.25, 0.3) is 66.0 Å². The number of aryl methyl sites for hydroxylation is 4. The van der Waals surface area contributed by atoms with Gasteiger partial charge >= 0.3 is 6.18 Å². The van der Waals surface area contributed by atoms with Crippen molar-refractivity contribution in [2.45, 2.75) is 103 Å². The molecule has 13 heterocycles. The van der Waals surface area contributed by atoms with Crippen LogP contribution in [0.1, 0.15) is 101 Å². The Balaban J connectivity index is 0.000000118. The second-order valence-corrected chi connectivity index (χ2v) is 41.6. The SMILES string of the molecule is CN1CC=C(c2cn(S(=O)(=O)c3ccc4c(c3)CCCN4C)c3ccc(C(F)(F)F)cc23)CC1.CN1CC=C(c2cn(S(=O)(=O)c3ccc4c(c3)CCCN4C)c3ccc(F)cc23)CC1.CN1CC=C(c2cn(S(=O)(=O)c3ccc4c(c3)CCCN4C)c3ccccc23)CC1.CN1CC=C(c2cn(S(=O)(=O)c3ccc4c(c3)CCCN4C)c3ncccc23)CC1. The molecule has 0 radical (unpaired) electrons. The molecule has 0 atom stereocenters. The summed E-state index contributed by atoms with van der Waals surface area (Å²) in [5, 5.41) is 2.81. The molecule has 8 aliphatic rings. The van der Waals surface area contributed by atoms with Crippen molar-refractivity contribution in [3.05, 3.63) is 257 Å². The Morgan fingerprint density at radius 3 is 1.01 bits per heavy atom. The zero-order valence-electron chi connectivity index (χ0n) is 71.7. The highest BCUT2D eigenvalue weighted by atomic mass is 32.2. The van der Waals surface area contributed by atoms with E-state index < -0.39 is 51.8 Å². The molecule has 0 bridgehead atoms. The molecular formula is C96H105F4N13O8S4. The van der Waals surface area contributed by atoms with Gasteiger partial charge in [0.25, 0.3) is 40.1 Å². The Morgan fingerprint density at radius 2 is 0.640 bits per heavy atom. The van der Waals surface area contributed by atoms with Gasteiger partial charge in [-0.2, -0.15) is 13.2 Å². The van der Waals surface area contributed by atoms with Crippen molar-refractivity contribution in [2.75, 3.05) is 155 Å². The molecule has 29 heteroatoms. The number of fused-ring (bicyclic) bond motifs is 8. The molecule has 0 aliphatic carbocycles. The van der Waals surface area contributed by atoms with Gasteiger partial charge in [0, 0.05) is 204 Å². The van der Waals surface area contributed by atoms with Gasteiger partial charge in [-0.25, -0.2) is 58.9 Å². The van der Waals surface area contributed by atoms with Crippen molar-refractivity contribution >= 4 is 129 Å². The van der Waals surface area contributed by atoms with Crippen molar-refractivity contribution in [3.63, 3.8) is 0 Å². The fourth-order valence-corrected chi connectivity index (χ4v) is 24.4. The summed E-state index contributed by atoms with van der Waals surface area (Å²) in [6, 6.07) is 40.8. The molecule has 0 N–H and O–H groups in total. The quantitative estimate of drug-likeness (QED) is 0.105. The van der Waals surface area contributed by atoms with E-state index in [4.69, 9.17) is 0 Å². The second-order valence-electron chi connectivity index (χ2n) is 34.4. The standard InChI is InChI=1S/C25H26F3N3O2S.C24H26FN3O2S.C24H27N3O2S.C23H26N4O2S/c1-29-12-9-17(10-13-29)22-16-31(24-7-5-19(15-21(22)24)25(26,27)28)34(32,33)20-6-8-23-18(14-20)4-3-11-30(23)2;1-26-12-9-17(10-13-26)22-16-28(24-7-5-19(25)15-21(22)24)31(29,30)20-6-8-23-18(14-20)4-3-11-27(23)2;1-25-14-11-18(12-15-25)22-17-27(24-8-4-3-7-21(22)24)30(28,29)20-9-10-23-19(16-20)6-5-13-26(23)2;1-25-13-9-17(10-14-25)21-16-27(23-20(21)6-3-11-24-23)30(28,29)19-7-8-22-18(15-19)5-4-12-26(22)2/h5-9,14-16H,3-4,10-13H2,1-2H3;5-9,14-16H,3-4,10-13H2,1-2H3;3-4,7-11,16-17H,5-6,12-15H2,1-2H3;3,6-9,11,15-16H,4-5,10,12-14H2,1-2H3. The largest absolute Gasteiger partial charge is 0.416 e. The number of pyridine rings is 1. The molecule has 125 heavy (non-hydrogen) atoms. The molecule has 0 saturated carbocycles. The maximum absolute atomic E-state index is 14.1. The maximum atomic E-state index is 14.1. The van der Waals surface area contributed by atoms with E-state index in [9.17, 15) is 51.2 Å². The van der Waals surface area contributed by atoms with Crippen LogP contribution in [-0.2, 0) is 72.0 Å². The van der Waals surface area contributed by atoms with Crippen LogP contribution in [-0.4, -0.2) is 209 Å². The molecule has 12 aromatic rings. The van der Waals surface area contributed by atoms with Gasteiger partial charge in [-0.1, -0.05) is 42.5 Å². The number of likely N-dealkylation sites (N-methyl/N-ethyl adjacent to an activating group) is 4. The zero-order chi connectivity index (χ0) is 87.8. The van der Waals surface area contributed by atoms with Crippen LogP contribution in [0.4, 0.5) is 40.3 Å². The van der Waals surface area contributed by atoms with Gasteiger partial charge in [-0.3, -0.25) is 0 Å². The summed E-state index contributed by atoms with van der Waals surface area (Å²) in [4.78, 5) is 23.0. The molecule has 8 aliphatic heterocycles. The first-order valence-corrected chi connectivity index (χ1v) is 48.6. The summed E-state index contributed by atoms with van der Waals surface area (Å²) < 4.78 is 169. The molecule has 654 valence electrons. The van der Waals surface area contributed by atoms with Crippen molar-refractivity contribution in [3.8, 4) is 0 Å². The zero-order valence-corrected chi connectivity index (χ0v) is 75.0. The lowest BCUT2D eigenvalue weighted by atomic mass is 9.98. The normalized spacial score (nSPS) is 17.7. The number of halogens is 4. The lowest BCUT2D eigenvalue weighted by molar-refractivity contribution is -0.137. The average Bonchev–Trinajstić information content (AvgIpc) is 1.62. The third-order valence-corrected chi connectivity index (χ3v) is 32.6. The van der Waals surface area contributed by atoms with Gasteiger partial charge in [-0.15, -0.1) is 0 Å². The number of aromatic nitrogens is 5. The van der Waals surface area contributed by atoms with Crippen LogP contribution in [0, 0.1) is 5.82 Å².